The summed E-state index contributed by atoms with van der Waals surface area (Å²) >= 11 is 5.81. The number of nitrogens with two attached hydrogens (primary N) is 1. The minimum Gasteiger partial charge on any atom is -0.354 e. The van der Waals surface area contributed by atoms with Gasteiger partial charge in [-0.15, -0.1) is 0 Å². The van der Waals surface area contributed by atoms with E-state index in [2.05, 4.69) is 5.16 Å². The van der Waals surface area contributed by atoms with Crippen molar-refractivity contribution < 1.29 is 26.1 Å². The number of rotatable bonds is 4. The maximum Gasteiger partial charge on any atom is 0.298 e. The van der Waals surface area contributed by atoms with Gasteiger partial charge in [0.05, 0.1) is 5.56 Å². The molecule has 26 heavy (non-hydrogen) atoms. The lowest BCUT2D eigenvalue weighted by Gasteiger charge is -2.07. The van der Waals surface area contributed by atoms with E-state index in [0.29, 0.717) is 10.6 Å². The molecule has 2 aromatic carbocycles. The molecule has 0 aliphatic heterocycles. The van der Waals surface area contributed by atoms with Crippen molar-refractivity contribution in [1.82, 2.24) is 5.16 Å². The van der Waals surface area contributed by atoms with Crippen LogP contribution in [0.4, 0.5) is 13.2 Å². The summed E-state index contributed by atoms with van der Waals surface area (Å²) in [5.41, 5.74) is 0.272. The SMILES string of the molecule is NS(=O)(=O)c1ccc(-c2c(-c3ccc(Cl)cc3)noc2C(F)F)cc1F. The van der Waals surface area contributed by atoms with Crippen molar-refractivity contribution in [2.75, 3.05) is 0 Å². The molecule has 0 atom stereocenters. The van der Waals surface area contributed by atoms with Crippen LogP contribution in [0.5, 0.6) is 0 Å². The summed E-state index contributed by atoms with van der Waals surface area (Å²) in [6, 6.07) is 8.97. The number of halogens is 4. The van der Waals surface area contributed by atoms with Crippen molar-refractivity contribution in [3.8, 4) is 22.4 Å². The van der Waals surface area contributed by atoms with Gasteiger partial charge >= 0.3 is 0 Å². The fraction of sp³-hybridized carbons (Fsp3) is 0.0625. The Labute approximate surface area is 151 Å². The van der Waals surface area contributed by atoms with Crippen molar-refractivity contribution in [3.05, 3.63) is 59.1 Å². The van der Waals surface area contributed by atoms with Crippen LogP contribution in [0.25, 0.3) is 22.4 Å². The predicted molar refractivity (Wildman–Crippen MR) is 88.7 cm³/mol. The average molecular weight is 403 g/mol. The molecule has 0 fully saturated rings. The summed E-state index contributed by atoms with van der Waals surface area (Å²) in [4.78, 5) is -0.746. The van der Waals surface area contributed by atoms with Crippen LogP contribution in [0.2, 0.25) is 5.02 Å². The van der Waals surface area contributed by atoms with Gasteiger partial charge in [-0.05, 0) is 29.8 Å². The Morgan fingerprint density at radius 1 is 1.08 bits per heavy atom. The Balaban J connectivity index is 2.22. The third kappa shape index (κ3) is 3.46. The molecular weight excluding hydrogens is 393 g/mol. The number of hydrogen-bond acceptors (Lipinski definition) is 4. The van der Waals surface area contributed by atoms with E-state index < -0.39 is 32.9 Å². The first-order chi connectivity index (χ1) is 12.2. The molecule has 0 saturated heterocycles. The minimum atomic E-state index is -4.29. The zero-order chi connectivity index (χ0) is 19.1. The van der Waals surface area contributed by atoms with E-state index >= 15 is 0 Å². The lowest BCUT2D eigenvalue weighted by atomic mass is 9.99. The highest BCUT2D eigenvalue weighted by Gasteiger charge is 2.27. The Kier molecular flexibility index (Phi) is 4.78. The van der Waals surface area contributed by atoms with Gasteiger partial charge in [0.1, 0.15) is 16.4 Å². The maximum absolute atomic E-state index is 14.1. The van der Waals surface area contributed by atoms with Gasteiger partial charge in [-0.25, -0.2) is 26.7 Å². The van der Waals surface area contributed by atoms with Crippen LogP contribution in [-0.4, -0.2) is 13.6 Å². The standard InChI is InChI=1S/C16H10ClF3N2O3S/c17-10-4-1-8(2-5-10)14-13(15(16(19)20)25-22-14)9-3-6-12(11(18)7-9)26(21,23)24/h1-7,16H,(H2,21,23,24). The van der Waals surface area contributed by atoms with Crippen LogP contribution in [0, 0.1) is 5.82 Å². The highest BCUT2D eigenvalue weighted by atomic mass is 35.5. The predicted octanol–water partition coefficient (Wildman–Crippen LogP) is 4.39. The largest absolute Gasteiger partial charge is 0.354 e. The minimum absolute atomic E-state index is 0.0311. The van der Waals surface area contributed by atoms with Gasteiger partial charge in [0.25, 0.3) is 6.43 Å². The van der Waals surface area contributed by atoms with E-state index in [1.165, 1.54) is 24.3 Å². The molecule has 0 spiro atoms. The first-order valence-electron chi connectivity index (χ1n) is 7.05. The lowest BCUT2D eigenvalue weighted by Crippen LogP contribution is -2.14. The van der Waals surface area contributed by atoms with E-state index in [4.69, 9.17) is 21.3 Å². The monoisotopic (exact) mass is 402 g/mol. The Hall–Kier alpha value is -2.36. The summed E-state index contributed by atoms with van der Waals surface area (Å²) in [7, 11) is -4.29. The van der Waals surface area contributed by atoms with E-state index in [9.17, 15) is 21.6 Å². The quantitative estimate of drug-likeness (QED) is 0.701. The number of nitrogens with zero attached hydrogens (tertiary/aromatic N) is 1. The van der Waals surface area contributed by atoms with Gasteiger partial charge in [-0.1, -0.05) is 35.0 Å². The average Bonchev–Trinajstić information content (AvgIpc) is 2.99. The van der Waals surface area contributed by atoms with Gasteiger partial charge in [0.2, 0.25) is 15.8 Å². The van der Waals surface area contributed by atoms with Gasteiger partial charge in [0, 0.05) is 10.6 Å². The van der Waals surface area contributed by atoms with Gasteiger partial charge < -0.3 is 4.52 Å². The molecule has 136 valence electrons. The molecular formula is C16H10ClF3N2O3S. The van der Waals surface area contributed by atoms with Crippen LogP contribution in [0.3, 0.4) is 0 Å². The highest BCUT2D eigenvalue weighted by molar-refractivity contribution is 7.89. The van der Waals surface area contributed by atoms with E-state index in [1.54, 1.807) is 0 Å². The molecule has 0 aliphatic carbocycles. The number of aromatic nitrogens is 1. The lowest BCUT2D eigenvalue weighted by molar-refractivity contribution is 0.113. The molecule has 0 unspecified atom stereocenters. The van der Waals surface area contributed by atoms with Crippen LogP contribution in [0.15, 0.2) is 51.9 Å². The molecule has 10 heteroatoms. The molecule has 1 heterocycles. The van der Waals surface area contributed by atoms with E-state index in [-0.39, 0.29) is 16.8 Å². The zero-order valence-corrected chi connectivity index (χ0v) is 14.4. The van der Waals surface area contributed by atoms with Crippen LogP contribution >= 0.6 is 11.6 Å². The van der Waals surface area contributed by atoms with Crippen molar-refractivity contribution in [1.29, 1.82) is 0 Å². The molecule has 0 amide bonds. The summed E-state index contributed by atoms with van der Waals surface area (Å²) in [6.07, 6.45) is -3.01. The number of hydrogen-bond donors (Lipinski definition) is 1. The molecule has 1 aromatic heterocycles. The first kappa shape index (κ1) is 18.4. The van der Waals surface area contributed by atoms with Gasteiger partial charge in [-0.3, -0.25) is 0 Å². The van der Waals surface area contributed by atoms with Crippen LogP contribution in [-0.2, 0) is 10.0 Å². The van der Waals surface area contributed by atoms with Crippen LogP contribution < -0.4 is 5.14 Å². The number of benzene rings is 2. The Morgan fingerprint density at radius 2 is 1.69 bits per heavy atom. The number of primary sulfonamides is 1. The Morgan fingerprint density at radius 3 is 2.23 bits per heavy atom. The van der Waals surface area contributed by atoms with Crippen molar-refractivity contribution in [2.45, 2.75) is 11.3 Å². The molecule has 0 radical (unpaired) electrons. The van der Waals surface area contributed by atoms with E-state index in [1.807, 2.05) is 0 Å². The second kappa shape index (κ2) is 6.75. The number of alkyl halides is 2. The van der Waals surface area contributed by atoms with E-state index in [0.717, 1.165) is 18.2 Å². The smallest absolute Gasteiger partial charge is 0.298 e. The molecule has 5 nitrogen and oxygen atoms in total. The molecule has 3 rings (SSSR count). The highest BCUT2D eigenvalue weighted by Crippen LogP contribution is 2.39. The first-order valence-corrected chi connectivity index (χ1v) is 8.97. The molecule has 3 aromatic rings. The molecule has 0 bridgehead atoms. The third-order valence-electron chi connectivity index (χ3n) is 3.56. The fourth-order valence-corrected chi connectivity index (χ4v) is 3.14. The molecule has 0 aliphatic rings. The number of sulfonamides is 1. The summed E-state index contributed by atoms with van der Waals surface area (Å²) in [6.45, 7) is 0. The van der Waals surface area contributed by atoms with Crippen molar-refractivity contribution in [2.24, 2.45) is 5.14 Å². The topological polar surface area (TPSA) is 86.2 Å². The maximum atomic E-state index is 14.1. The second-order valence-corrected chi connectivity index (χ2v) is 7.23. The molecule has 2 N–H and O–H groups in total. The van der Waals surface area contributed by atoms with Crippen LogP contribution in [0.1, 0.15) is 12.2 Å². The van der Waals surface area contributed by atoms with Crippen molar-refractivity contribution >= 4 is 21.6 Å². The summed E-state index contributed by atoms with van der Waals surface area (Å²) < 4.78 is 68.1. The van der Waals surface area contributed by atoms with Crippen molar-refractivity contribution in [3.63, 3.8) is 0 Å². The summed E-state index contributed by atoms with van der Waals surface area (Å²) in [5.74, 6) is -1.94. The normalized spacial score (nSPS) is 11.9. The zero-order valence-electron chi connectivity index (χ0n) is 12.8. The van der Waals surface area contributed by atoms with Gasteiger partial charge in [-0.2, -0.15) is 0 Å². The fourth-order valence-electron chi connectivity index (χ4n) is 2.42. The third-order valence-corrected chi connectivity index (χ3v) is 4.76. The second-order valence-electron chi connectivity index (χ2n) is 5.27. The van der Waals surface area contributed by atoms with Gasteiger partial charge in [0.15, 0.2) is 0 Å². The summed E-state index contributed by atoms with van der Waals surface area (Å²) in [5, 5.41) is 8.99. The molecule has 0 saturated carbocycles. The Bertz CT molecular complexity index is 1070.